The Morgan fingerprint density at radius 2 is 2.31 bits per heavy atom. The van der Waals surface area contributed by atoms with Crippen molar-refractivity contribution in [1.29, 1.82) is 0 Å². The highest BCUT2D eigenvalue weighted by atomic mass is 35.5. The standard InChI is InChI=1S/C9H9ClFNO/c10-6-2-1-5-3-4-12-9(13)7(5)8(6)11/h1-2,9,12-13H,3-4H2. The Bertz CT molecular complexity index is 343. The summed E-state index contributed by atoms with van der Waals surface area (Å²) in [6.07, 6.45) is -0.206. The molecule has 0 amide bonds. The second kappa shape index (κ2) is 3.25. The summed E-state index contributed by atoms with van der Waals surface area (Å²) in [5.41, 5.74) is 1.12. The second-order valence-corrected chi connectivity index (χ2v) is 3.45. The number of aliphatic hydroxyl groups excluding tert-OH is 1. The van der Waals surface area contributed by atoms with Crippen LogP contribution in [0.4, 0.5) is 4.39 Å². The van der Waals surface area contributed by atoms with Gasteiger partial charge in [-0.05, 0) is 18.1 Å². The maximum atomic E-state index is 13.4. The average molecular weight is 202 g/mol. The molecular weight excluding hydrogens is 193 g/mol. The van der Waals surface area contributed by atoms with Crippen LogP contribution in [0, 0.1) is 5.82 Å². The molecule has 2 N–H and O–H groups in total. The first-order valence-corrected chi connectivity index (χ1v) is 4.46. The molecular formula is C9H9ClFNO. The summed E-state index contributed by atoms with van der Waals surface area (Å²) >= 11 is 5.60. The lowest BCUT2D eigenvalue weighted by Crippen LogP contribution is -2.30. The first-order valence-electron chi connectivity index (χ1n) is 4.08. The number of hydrogen-bond acceptors (Lipinski definition) is 2. The van der Waals surface area contributed by atoms with Gasteiger partial charge in [0.15, 0.2) is 0 Å². The molecule has 1 aliphatic heterocycles. The first-order chi connectivity index (χ1) is 6.20. The molecule has 0 radical (unpaired) electrons. The third kappa shape index (κ3) is 1.43. The average Bonchev–Trinajstić information content (AvgIpc) is 2.12. The number of halogens is 2. The zero-order valence-electron chi connectivity index (χ0n) is 6.85. The lowest BCUT2D eigenvalue weighted by Gasteiger charge is -2.23. The van der Waals surface area contributed by atoms with Crippen LogP contribution in [0.25, 0.3) is 0 Å². The summed E-state index contributed by atoms with van der Waals surface area (Å²) in [6, 6.07) is 3.28. The summed E-state index contributed by atoms with van der Waals surface area (Å²) in [5, 5.41) is 12.3. The molecule has 1 aromatic rings. The zero-order valence-corrected chi connectivity index (χ0v) is 7.61. The van der Waals surface area contributed by atoms with Gasteiger partial charge in [0.25, 0.3) is 0 Å². The Labute approximate surface area is 80.3 Å². The SMILES string of the molecule is OC1NCCc2ccc(Cl)c(F)c21. The molecule has 0 aliphatic carbocycles. The lowest BCUT2D eigenvalue weighted by atomic mass is 9.99. The Morgan fingerprint density at radius 1 is 1.54 bits per heavy atom. The molecule has 0 saturated heterocycles. The van der Waals surface area contributed by atoms with E-state index in [1.807, 2.05) is 0 Å². The Morgan fingerprint density at radius 3 is 3.08 bits per heavy atom. The van der Waals surface area contributed by atoms with Gasteiger partial charge >= 0.3 is 0 Å². The first kappa shape index (κ1) is 8.94. The number of fused-ring (bicyclic) bond motifs is 1. The van der Waals surface area contributed by atoms with Crippen molar-refractivity contribution in [2.75, 3.05) is 6.54 Å². The van der Waals surface area contributed by atoms with Gasteiger partial charge in [0.2, 0.25) is 0 Å². The van der Waals surface area contributed by atoms with E-state index >= 15 is 0 Å². The Hall–Kier alpha value is -0.640. The van der Waals surface area contributed by atoms with E-state index in [-0.39, 0.29) is 5.02 Å². The fourth-order valence-electron chi connectivity index (χ4n) is 1.57. The van der Waals surface area contributed by atoms with Crippen molar-refractivity contribution < 1.29 is 9.50 Å². The predicted octanol–water partition coefficient (Wildman–Crippen LogP) is 1.62. The summed E-state index contributed by atoms with van der Waals surface area (Å²) in [7, 11) is 0. The third-order valence-electron chi connectivity index (χ3n) is 2.23. The van der Waals surface area contributed by atoms with Crippen LogP contribution in [0.5, 0.6) is 0 Å². The van der Waals surface area contributed by atoms with Gasteiger partial charge in [-0.2, -0.15) is 0 Å². The van der Waals surface area contributed by atoms with Gasteiger partial charge in [0.1, 0.15) is 12.0 Å². The molecule has 0 bridgehead atoms. The van der Waals surface area contributed by atoms with E-state index in [1.54, 1.807) is 6.07 Å². The molecule has 1 unspecified atom stereocenters. The number of benzene rings is 1. The number of nitrogens with one attached hydrogen (secondary N) is 1. The molecule has 0 saturated carbocycles. The smallest absolute Gasteiger partial charge is 0.149 e. The minimum atomic E-state index is -0.928. The maximum Gasteiger partial charge on any atom is 0.149 e. The van der Waals surface area contributed by atoms with Crippen LogP contribution in [0.2, 0.25) is 5.02 Å². The van der Waals surface area contributed by atoms with E-state index in [9.17, 15) is 9.50 Å². The van der Waals surface area contributed by atoms with E-state index in [0.717, 1.165) is 12.0 Å². The predicted molar refractivity (Wildman–Crippen MR) is 48.1 cm³/mol. The topological polar surface area (TPSA) is 32.3 Å². The van der Waals surface area contributed by atoms with Crippen molar-refractivity contribution >= 4 is 11.6 Å². The zero-order chi connectivity index (χ0) is 9.42. The highest BCUT2D eigenvalue weighted by Crippen LogP contribution is 2.28. The summed E-state index contributed by atoms with van der Waals surface area (Å²) in [4.78, 5) is 0. The van der Waals surface area contributed by atoms with E-state index < -0.39 is 12.0 Å². The van der Waals surface area contributed by atoms with Crippen molar-refractivity contribution in [2.24, 2.45) is 0 Å². The molecule has 1 heterocycles. The van der Waals surface area contributed by atoms with E-state index in [4.69, 9.17) is 11.6 Å². The van der Waals surface area contributed by atoms with Gasteiger partial charge in [-0.3, -0.25) is 5.32 Å². The van der Waals surface area contributed by atoms with Crippen LogP contribution < -0.4 is 5.32 Å². The summed E-state index contributed by atoms with van der Waals surface area (Å²) < 4.78 is 13.4. The van der Waals surface area contributed by atoms with Gasteiger partial charge < -0.3 is 5.11 Å². The lowest BCUT2D eigenvalue weighted by molar-refractivity contribution is 0.127. The fourth-order valence-corrected chi connectivity index (χ4v) is 1.73. The summed E-state index contributed by atoms with van der Waals surface area (Å²) in [5.74, 6) is -0.515. The van der Waals surface area contributed by atoms with Gasteiger partial charge in [-0.15, -0.1) is 0 Å². The van der Waals surface area contributed by atoms with Crippen molar-refractivity contribution in [2.45, 2.75) is 12.6 Å². The molecule has 70 valence electrons. The highest BCUT2D eigenvalue weighted by molar-refractivity contribution is 6.30. The Balaban J connectivity index is 2.58. The summed E-state index contributed by atoms with van der Waals surface area (Å²) in [6.45, 7) is 0.662. The van der Waals surface area contributed by atoms with Crippen molar-refractivity contribution in [3.8, 4) is 0 Å². The van der Waals surface area contributed by atoms with Gasteiger partial charge in [0.05, 0.1) is 5.02 Å². The molecule has 0 aromatic heterocycles. The largest absolute Gasteiger partial charge is 0.374 e. The van der Waals surface area contributed by atoms with Crippen LogP contribution in [0.3, 0.4) is 0 Å². The fraction of sp³-hybridized carbons (Fsp3) is 0.333. The number of hydrogen-bond donors (Lipinski definition) is 2. The molecule has 1 aliphatic rings. The molecule has 0 fully saturated rings. The minimum absolute atomic E-state index is 0.0569. The van der Waals surface area contributed by atoms with Crippen LogP contribution in [-0.4, -0.2) is 11.7 Å². The number of aliphatic hydroxyl groups is 1. The minimum Gasteiger partial charge on any atom is -0.374 e. The van der Waals surface area contributed by atoms with Crippen LogP contribution in [0.1, 0.15) is 17.4 Å². The van der Waals surface area contributed by atoms with Crippen LogP contribution >= 0.6 is 11.6 Å². The molecule has 13 heavy (non-hydrogen) atoms. The van der Waals surface area contributed by atoms with Crippen molar-refractivity contribution in [3.05, 3.63) is 34.1 Å². The van der Waals surface area contributed by atoms with E-state index in [0.29, 0.717) is 12.1 Å². The van der Waals surface area contributed by atoms with Crippen LogP contribution in [0.15, 0.2) is 12.1 Å². The van der Waals surface area contributed by atoms with Crippen molar-refractivity contribution in [3.63, 3.8) is 0 Å². The van der Waals surface area contributed by atoms with E-state index in [1.165, 1.54) is 6.07 Å². The highest BCUT2D eigenvalue weighted by Gasteiger charge is 2.22. The molecule has 1 atom stereocenters. The van der Waals surface area contributed by atoms with Gasteiger partial charge in [-0.1, -0.05) is 17.7 Å². The monoisotopic (exact) mass is 201 g/mol. The second-order valence-electron chi connectivity index (χ2n) is 3.04. The van der Waals surface area contributed by atoms with Crippen molar-refractivity contribution in [1.82, 2.24) is 5.32 Å². The van der Waals surface area contributed by atoms with Gasteiger partial charge in [0, 0.05) is 12.1 Å². The molecule has 2 rings (SSSR count). The van der Waals surface area contributed by atoms with E-state index in [2.05, 4.69) is 5.32 Å². The van der Waals surface area contributed by atoms with Crippen LogP contribution in [-0.2, 0) is 6.42 Å². The quantitative estimate of drug-likeness (QED) is 0.669. The number of rotatable bonds is 0. The Kier molecular flexibility index (Phi) is 2.24. The maximum absolute atomic E-state index is 13.4. The molecule has 2 nitrogen and oxygen atoms in total. The molecule has 0 spiro atoms. The third-order valence-corrected chi connectivity index (χ3v) is 2.52. The van der Waals surface area contributed by atoms with Gasteiger partial charge in [-0.25, -0.2) is 4.39 Å². The molecule has 4 heteroatoms. The normalized spacial score (nSPS) is 21.3. The molecule has 1 aromatic carbocycles.